The molecule has 1 aliphatic rings. The van der Waals surface area contributed by atoms with Crippen molar-refractivity contribution in [1.82, 2.24) is 20.5 Å². The number of hydrogen-bond acceptors (Lipinski definition) is 5. The van der Waals surface area contributed by atoms with Crippen molar-refractivity contribution in [1.29, 1.82) is 0 Å². The zero-order chi connectivity index (χ0) is 23.4. The van der Waals surface area contributed by atoms with Gasteiger partial charge in [-0.15, -0.1) is 0 Å². The number of aromatic nitrogens is 1. The van der Waals surface area contributed by atoms with Gasteiger partial charge in [0.25, 0.3) is 5.91 Å². The molecule has 0 bridgehead atoms. The van der Waals surface area contributed by atoms with Gasteiger partial charge in [-0.1, -0.05) is 42.5 Å². The highest BCUT2D eigenvalue weighted by atomic mass is 16.4. The van der Waals surface area contributed by atoms with Crippen molar-refractivity contribution < 1.29 is 19.5 Å². The lowest BCUT2D eigenvalue weighted by molar-refractivity contribution is -0.140. The summed E-state index contributed by atoms with van der Waals surface area (Å²) in [6, 6.07) is 14.4. The fourth-order valence-electron chi connectivity index (χ4n) is 4.19. The molecule has 2 heterocycles. The number of likely N-dealkylation sites (tertiary alicyclic amines) is 1. The highest BCUT2D eigenvalue weighted by molar-refractivity contribution is 5.93. The van der Waals surface area contributed by atoms with E-state index in [-0.39, 0.29) is 5.91 Å². The van der Waals surface area contributed by atoms with Gasteiger partial charge in [-0.3, -0.25) is 9.59 Å². The Balaban J connectivity index is 1.46. The molecule has 1 aliphatic heterocycles. The third-order valence-corrected chi connectivity index (χ3v) is 5.81. The number of nitrogens with zero attached hydrogens (tertiary/aromatic N) is 2. The van der Waals surface area contributed by atoms with Crippen molar-refractivity contribution in [3.8, 4) is 0 Å². The van der Waals surface area contributed by atoms with E-state index in [1.165, 1.54) is 4.90 Å². The van der Waals surface area contributed by atoms with Crippen molar-refractivity contribution in [3.63, 3.8) is 0 Å². The van der Waals surface area contributed by atoms with Crippen LogP contribution in [-0.4, -0.2) is 45.5 Å². The number of carboxylic acid groups (broad SMARTS) is 1. The van der Waals surface area contributed by atoms with Gasteiger partial charge < -0.3 is 26.4 Å². The van der Waals surface area contributed by atoms with E-state index in [0.717, 1.165) is 16.3 Å². The zero-order valence-electron chi connectivity index (χ0n) is 17.9. The lowest BCUT2D eigenvalue weighted by Crippen LogP contribution is -2.49. The van der Waals surface area contributed by atoms with Crippen molar-refractivity contribution in [2.75, 3.05) is 12.3 Å². The summed E-state index contributed by atoms with van der Waals surface area (Å²) in [7, 11) is 0. The first-order chi connectivity index (χ1) is 15.9. The molecule has 0 spiro atoms. The highest BCUT2D eigenvalue weighted by Crippen LogP contribution is 2.24. The molecule has 3 aromatic rings. The monoisotopic (exact) mass is 447 g/mol. The zero-order valence-corrected chi connectivity index (χ0v) is 17.9. The predicted octanol–water partition coefficient (Wildman–Crippen LogP) is 2.43. The van der Waals surface area contributed by atoms with Gasteiger partial charge in [0.2, 0.25) is 5.91 Å². The van der Waals surface area contributed by atoms with E-state index >= 15 is 0 Å². The van der Waals surface area contributed by atoms with Crippen molar-refractivity contribution in [2.45, 2.75) is 31.5 Å². The Bertz CT molecular complexity index is 1180. The number of carbonyl (C=O) groups is 3. The quantitative estimate of drug-likeness (QED) is 0.458. The van der Waals surface area contributed by atoms with Crippen LogP contribution in [0.25, 0.3) is 10.8 Å². The summed E-state index contributed by atoms with van der Waals surface area (Å²) in [5.41, 5.74) is 7.32. The van der Waals surface area contributed by atoms with Crippen molar-refractivity contribution in [2.24, 2.45) is 0 Å². The van der Waals surface area contributed by atoms with Gasteiger partial charge in [-0.25, -0.2) is 9.78 Å². The molecule has 0 saturated carbocycles. The number of fused-ring (bicyclic) bond motifs is 1. The van der Waals surface area contributed by atoms with Crippen LogP contribution in [0.2, 0.25) is 0 Å². The Hall–Kier alpha value is -4.14. The molecule has 3 amide bonds. The van der Waals surface area contributed by atoms with Gasteiger partial charge in [-0.05, 0) is 41.5 Å². The second-order valence-electron chi connectivity index (χ2n) is 7.95. The molecule has 170 valence electrons. The Morgan fingerprint density at radius 1 is 1.15 bits per heavy atom. The number of nitrogens with two attached hydrogens (primary N) is 1. The topological polar surface area (TPSA) is 138 Å². The summed E-state index contributed by atoms with van der Waals surface area (Å²) in [5, 5.41) is 16.2. The van der Waals surface area contributed by atoms with Crippen LogP contribution in [0.1, 0.15) is 30.0 Å². The smallest absolute Gasteiger partial charge is 0.405 e. The number of amides is 3. The van der Waals surface area contributed by atoms with E-state index in [1.807, 2.05) is 24.3 Å². The average molecular weight is 447 g/mol. The first-order valence-corrected chi connectivity index (χ1v) is 10.7. The molecule has 0 radical (unpaired) electrons. The van der Waals surface area contributed by atoms with Gasteiger partial charge in [0.1, 0.15) is 17.9 Å². The summed E-state index contributed by atoms with van der Waals surface area (Å²) < 4.78 is 0. The molecular formula is C24H25N5O4. The molecule has 0 aliphatic carbocycles. The molecule has 4 rings (SSSR count). The summed E-state index contributed by atoms with van der Waals surface area (Å²) in [6.45, 7) is 0.689. The normalized spacial score (nSPS) is 16.4. The second-order valence-corrected chi connectivity index (χ2v) is 7.95. The van der Waals surface area contributed by atoms with Crippen LogP contribution in [0, 0.1) is 0 Å². The molecule has 1 fully saturated rings. The second kappa shape index (κ2) is 9.56. The van der Waals surface area contributed by atoms with E-state index in [1.54, 1.807) is 36.5 Å². The van der Waals surface area contributed by atoms with E-state index in [2.05, 4.69) is 15.6 Å². The molecule has 1 saturated heterocycles. The summed E-state index contributed by atoms with van der Waals surface area (Å²) in [6.07, 6.45) is 1.52. The number of nitrogen functional groups attached to an aromatic ring is 1. The molecule has 5 N–H and O–H groups in total. The highest BCUT2D eigenvalue weighted by Gasteiger charge is 2.38. The van der Waals surface area contributed by atoms with Crippen LogP contribution >= 0.6 is 0 Å². The maximum atomic E-state index is 13.3. The van der Waals surface area contributed by atoms with Crippen LogP contribution in [0.4, 0.5) is 10.6 Å². The van der Waals surface area contributed by atoms with Gasteiger partial charge in [0.05, 0.1) is 0 Å². The molecule has 33 heavy (non-hydrogen) atoms. The number of rotatable bonds is 6. The maximum Gasteiger partial charge on any atom is 0.405 e. The summed E-state index contributed by atoms with van der Waals surface area (Å²) >= 11 is 0. The fraction of sp³-hybridized carbons (Fsp3) is 0.250. The largest absolute Gasteiger partial charge is 0.465 e. The SMILES string of the molecule is Nc1nccc2cc(CNC(=O)C3CCCN3C(=O)C(NC(=O)O)c3ccccc3)ccc12. The maximum absolute atomic E-state index is 13.3. The van der Waals surface area contributed by atoms with E-state index in [9.17, 15) is 19.5 Å². The van der Waals surface area contributed by atoms with Crippen molar-refractivity contribution >= 4 is 34.5 Å². The van der Waals surface area contributed by atoms with Crippen molar-refractivity contribution in [3.05, 3.63) is 71.9 Å². The van der Waals surface area contributed by atoms with Crippen LogP contribution in [0.3, 0.4) is 0 Å². The van der Waals surface area contributed by atoms with Gasteiger partial charge in [0, 0.05) is 24.7 Å². The minimum Gasteiger partial charge on any atom is -0.465 e. The van der Waals surface area contributed by atoms with E-state index in [4.69, 9.17) is 5.73 Å². The Morgan fingerprint density at radius 3 is 2.70 bits per heavy atom. The van der Waals surface area contributed by atoms with Crippen LogP contribution in [0.15, 0.2) is 60.8 Å². The standard InChI is InChI=1S/C24H25N5O4/c25-21-18-9-8-15(13-17(18)10-11-26-21)14-27-22(30)19-7-4-12-29(19)23(31)20(28-24(32)33)16-5-2-1-3-6-16/h1-3,5-6,8-11,13,19-20,28H,4,7,12,14H2,(H2,25,26)(H,27,30)(H,32,33). The first kappa shape index (κ1) is 22.1. The number of anilines is 1. The molecular weight excluding hydrogens is 422 g/mol. The summed E-state index contributed by atoms with van der Waals surface area (Å²) in [4.78, 5) is 43.1. The Kier molecular flexibility index (Phi) is 6.39. The van der Waals surface area contributed by atoms with Crippen LogP contribution in [0.5, 0.6) is 0 Å². The van der Waals surface area contributed by atoms with Gasteiger partial charge >= 0.3 is 6.09 Å². The predicted molar refractivity (Wildman–Crippen MR) is 123 cm³/mol. The number of pyridine rings is 1. The lowest BCUT2D eigenvalue weighted by atomic mass is 10.0. The fourth-order valence-corrected chi connectivity index (χ4v) is 4.19. The molecule has 1 aromatic heterocycles. The Labute approximate surface area is 190 Å². The van der Waals surface area contributed by atoms with Gasteiger partial charge in [-0.2, -0.15) is 0 Å². The average Bonchev–Trinajstić information content (AvgIpc) is 3.31. The summed E-state index contributed by atoms with van der Waals surface area (Å²) in [5.74, 6) is -0.251. The lowest BCUT2D eigenvalue weighted by Gasteiger charge is -2.28. The Morgan fingerprint density at radius 2 is 1.94 bits per heavy atom. The third kappa shape index (κ3) is 4.87. The number of benzene rings is 2. The van der Waals surface area contributed by atoms with E-state index < -0.39 is 24.1 Å². The number of carbonyl (C=O) groups excluding carboxylic acids is 2. The minimum absolute atomic E-state index is 0.266. The minimum atomic E-state index is -1.30. The molecule has 2 aromatic carbocycles. The molecule has 2 atom stereocenters. The molecule has 9 heteroatoms. The third-order valence-electron chi connectivity index (χ3n) is 5.81. The number of nitrogens with one attached hydrogen (secondary N) is 2. The van der Waals surface area contributed by atoms with Gasteiger partial charge in [0.15, 0.2) is 0 Å². The van der Waals surface area contributed by atoms with Crippen LogP contribution < -0.4 is 16.4 Å². The van der Waals surface area contributed by atoms with E-state index in [0.29, 0.717) is 37.3 Å². The molecule has 9 nitrogen and oxygen atoms in total. The number of hydrogen-bond donors (Lipinski definition) is 4. The first-order valence-electron chi connectivity index (χ1n) is 10.7. The van der Waals surface area contributed by atoms with Crippen LogP contribution in [-0.2, 0) is 16.1 Å². The molecule has 2 unspecified atom stereocenters.